The molecule has 1 atom stereocenters. The first-order valence-electron chi connectivity index (χ1n) is 6.74. The number of likely N-dealkylation sites (N-methyl/N-ethyl adjacent to an activating group) is 1. The van der Waals surface area contributed by atoms with E-state index in [1.54, 1.807) is 25.1 Å². The van der Waals surface area contributed by atoms with E-state index < -0.39 is 11.3 Å². The number of furan rings is 1. The Balaban J connectivity index is 2.31. The summed E-state index contributed by atoms with van der Waals surface area (Å²) in [6.07, 6.45) is 1.53. The van der Waals surface area contributed by atoms with Crippen LogP contribution in [0.2, 0.25) is 5.02 Å². The Morgan fingerprint density at radius 3 is 2.78 bits per heavy atom. The van der Waals surface area contributed by atoms with Crippen LogP contribution in [0.1, 0.15) is 12.7 Å². The summed E-state index contributed by atoms with van der Waals surface area (Å²) in [5.74, 6) is 0.111. The van der Waals surface area contributed by atoms with Gasteiger partial charge in [-0.05, 0) is 43.3 Å². The third-order valence-electron chi connectivity index (χ3n) is 2.85. The molecule has 23 heavy (non-hydrogen) atoms. The van der Waals surface area contributed by atoms with Gasteiger partial charge in [0.1, 0.15) is 22.8 Å². The van der Waals surface area contributed by atoms with Gasteiger partial charge in [0, 0.05) is 12.6 Å². The number of hydrogen-bond acceptors (Lipinski definition) is 4. The summed E-state index contributed by atoms with van der Waals surface area (Å²) in [6, 6.07) is 7.65. The van der Waals surface area contributed by atoms with E-state index in [1.807, 2.05) is 0 Å². The largest absolute Gasteiger partial charge is 0.457 e. The Bertz CT molecular complexity index is 743. The van der Waals surface area contributed by atoms with E-state index in [4.69, 9.17) is 16.0 Å². The van der Waals surface area contributed by atoms with Gasteiger partial charge in [0.25, 0.3) is 5.91 Å². The molecule has 0 saturated heterocycles. The van der Waals surface area contributed by atoms with Crippen molar-refractivity contribution < 1.29 is 18.7 Å². The monoisotopic (exact) mass is 355 g/mol. The highest BCUT2D eigenvalue weighted by Crippen LogP contribution is 2.29. The molecule has 0 aliphatic carbocycles. The zero-order chi connectivity index (χ0) is 17.0. The van der Waals surface area contributed by atoms with Crippen molar-refractivity contribution in [2.75, 3.05) is 7.05 Å². The van der Waals surface area contributed by atoms with Crippen molar-refractivity contribution in [2.45, 2.75) is 12.4 Å². The first kappa shape index (κ1) is 17.6. The highest BCUT2D eigenvalue weighted by Gasteiger charge is 2.13. The van der Waals surface area contributed by atoms with Crippen molar-refractivity contribution in [3.05, 3.63) is 51.8 Å². The van der Waals surface area contributed by atoms with E-state index in [9.17, 15) is 14.3 Å². The number of rotatable bonds is 5. The number of hydrogen-bond donors (Lipinski definition) is 2. The third kappa shape index (κ3) is 4.60. The molecule has 0 aliphatic rings. The van der Waals surface area contributed by atoms with Gasteiger partial charge < -0.3 is 14.8 Å². The number of halogens is 2. The highest BCUT2D eigenvalue weighted by atomic mass is 35.5. The fourth-order valence-corrected chi connectivity index (χ4v) is 2.77. The summed E-state index contributed by atoms with van der Waals surface area (Å²) in [6.45, 7) is 1.57. The number of carbonyl (C=O) groups excluding carboxylic acids is 1. The second-order valence-corrected chi connectivity index (χ2v) is 6.40. The maximum Gasteiger partial charge on any atom is 0.257 e. The Kier molecular flexibility index (Phi) is 5.87. The van der Waals surface area contributed by atoms with E-state index in [2.05, 4.69) is 5.32 Å². The summed E-state index contributed by atoms with van der Waals surface area (Å²) >= 11 is 6.77. The first-order chi connectivity index (χ1) is 10.9. The first-order valence-corrected chi connectivity index (χ1v) is 8.00. The van der Waals surface area contributed by atoms with Gasteiger partial charge in [-0.3, -0.25) is 4.79 Å². The van der Waals surface area contributed by atoms with Crippen molar-refractivity contribution in [3.63, 3.8) is 0 Å². The Morgan fingerprint density at radius 1 is 1.43 bits per heavy atom. The fraction of sp³-hybridized carbons (Fsp3) is 0.188. The van der Waals surface area contributed by atoms with Crippen molar-refractivity contribution in [1.29, 1.82) is 0 Å². The van der Waals surface area contributed by atoms with Crippen molar-refractivity contribution in [1.82, 2.24) is 5.32 Å². The van der Waals surface area contributed by atoms with Crippen molar-refractivity contribution in [2.24, 2.45) is 0 Å². The van der Waals surface area contributed by atoms with Crippen LogP contribution in [0.3, 0.4) is 0 Å². The molecule has 0 bridgehead atoms. The zero-order valence-corrected chi connectivity index (χ0v) is 14.0. The molecule has 2 rings (SSSR count). The molecule has 0 saturated carbocycles. The summed E-state index contributed by atoms with van der Waals surface area (Å²) < 4.78 is 18.8. The predicted molar refractivity (Wildman–Crippen MR) is 90.4 cm³/mol. The molecule has 0 aliphatic heterocycles. The highest BCUT2D eigenvalue weighted by molar-refractivity contribution is 8.04. The second-order valence-electron chi connectivity index (χ2n) is 4.64. The number of nitrogens with one attached hydrogen (secondary N) is 1. The van der Waals surface area contributed by atoms with E-state index in [-0.39, 0.29) is 10.9 Å². The molecule has 7 heteroatoms. The van der Waals surface area contributed by atoms with Gasteiger partial charge in [0.15, 0.2) is 0 Å². The van der Waals surface area contributed by atoms with Gasteiger partial charge in [-0.25, -0.2) is 4.39 Å². The van der Waals surface area contributed by atoms with E-state index in [0.717, 1.165) is 11.8 Å². The van der Waals surface area contributed by atoms with Crippen LogP contribution in [0.15, 0.2) is 39.7 Å². The molecule has 0 spiro atoms. The van der Waals surface area contributed by atoms with Crippen LogP contribution < -0.4 is 5.32 Å². The van der Waals surface area contributed by atoms with Crippen molar-refractivity contribution >= 4 is 35.3 Å². The normalized spacial score (nSPS) is 13.0. The van der Waals surface area contributed by atoms with Crippen LogP contribution in [0.5, 0.6) is 0 Å². The van der Waals surface area contributed by atoms with Crippen LogP contribution in [0, 0.1) is 5.82 Å². The molecule has 2 aromatic rings. The van der Waals surface area contributed by atoms with Crippen LogP contribution in [-0.4, -0.2) is 23.5 Å². The Morgan fingerprint density at radius 2 is 2.17 bits per heavy atom. The molecular weight excluding hydrogens is 341 g/mol. The lowest BCUT2D eigenvalue weighted by Crippen LogP contribution is -2.19. The van der Waals surface area contributed by atoms with Crippen LogP contribution >= 0.6 is 23.4 Å². The number of thioether (sulfide) groups is 1. The minimum Gasteiger partial charge on any atom is -0.457 e. The quantitative estimate of drug-likeness (QED) is 0.630. The Labute approximate surface area is 142 Å². The van der Waals surface area contributed by atoms with Gasteiger partial charge in [0.2, 0.25) is 0 Å². The zero-order valence-electron chi connectivity index (χ0n) is 12.5. The van der Waals surface area contributed by atoms with Crippen molar-refractivity contribution in [3.8, 4) is 11.3 Å². The number of aliphatic hydroxyl groups excluding tert-OH is 1. The average molecular weight is 356 g/mol. The molecule has 1 amide bonds. The number of amides is 1. The number of carbonyl (C=O) groups is 1. The fourth-order valence-electron chi connectivity index (χ4n) is 1.82. The summed E-state index contributed by atoms with van der Waals surface area (Å²) in [5.41, 5.74) is -0.107. The van der Waals surface area contributed by atoms with E-state index in [1.165, 1.54) is 25.3 Å². The maximum absolute atomic E-state index is 13.2. The Hall–Kier alpha value is -1.76. The lowest BCUT2D eigenvalue weighted by atomic mass is 10.2. The smallest absolute Gasteiger partial charge is 0.257 e. The van der Waals surface area contributed by atoms with Gasteiger partial charge in [-0.15, -0.1) is 0 Å². The lowest BCUT2D eigenvalue weighted by molar-refractivity contribution is -0.116. The summed E-state index contributed by atoms with van der Waals surface area (Å²) in [5, 5.41) is 12.0. The molecule has 0 radical (unpaired) electrons. The predicted octanol–water partition coefficient (Wildman–Crippen LogP) is 3.90. The van der Waals surface area contributed by atoms with Crippen LogP contribution in [0.25, 0.3) is 17.4 Å². The molecule has 4 nitrogen and oxygen atoms in total. The topological polar surface area (TPSA) is 62.5 Å². The van der Waals surface area contributed by atoms with Gasteiger partial charge in [0.05, 0.1) is 9.93 Å². The minimum atomic E-state index is -0.733. The van der Waals surface area contributed by atoms with Crippen LogP contribution in [0.4, 0.5) is 4.39 Å². The summed E-state index contributed by atoms with van der Waals surface area (Å²) in [7, 11) is 1.51. The molecule has 122 valence electrons. The molecule has 1 aromatic heterocycles. The number of aliphatic hydroxyl groups is 1. The van der Waals surface area contributed by atoms with Gasteiger partial charge in [-0.2, -0.15) is 0 Å². The molecule has 0 fully saturated rings. The van der Waals surface area contributed by atoms with Crippen LogP contribution in [-0.2, 0) is 4.79 Å². The maximum atomic E-state index is 13.2. The molecule has 1 unspecified atom stereocenters. The average Bonchev–Trinajstić information content (AvgIpc) is 2.96. The van der Waals surface area contributed by atoms with E-state index >= 15 is 0 Å². The van der Waals surface area contributed by atoms with E-state index in [0.29, 0.717) is 22.0 Å². The lowest BCUT2D eigenvalue weighted by Gasteiger charge is -2.07. The van der Waals surface area contributed by atoms with Gasteiger partial charge in [-0.1, -0.05) is 23.4 Å². The SMILES string of the molecule is CNC(=O)C(=Cc1ccc(-c2ccc(F)c(Cl)c2)o1)SC(C)O. The second kappa shape index (κ2) is 7.68. The molecule has 2 N–H and O–H groups in total. The molecular formula is C16H15ClFNO3S. The minimum absolute atomic E-state index is 0.00621. The number of benzene rings is 1. The third-order valence-corrected chi connectivity index (χ3v) is 4.04. The standard InChI is InChI=1S/C16H15ClFNO3S/c1-9(20)23-15(16(21)19-2)8-11-4-6-14(22-11)10-3-5-13(18)12(17)7-10/h3-9,20H,1-2H3,(H,19,21). The summed E-state index contributed by atoms with van der Waals surface area (Å²) in [4.78, 5) is 12.1. The molecule has 1 heterocycles. The molecule has 1 aromatic carbocycles. The van der Waals surface area contributed by atoms with Gasteiger partial charge >= 0.3 is 0 Å².